The molecule has 0 aliphatic rings. The Labute approximate surface area is 125 Å². The van der Waals surface area contributed by atoms with Gasteiger partial charge in [0.15, 0.2) is 0 Å². The van der Waals surface area contributed by atoms with E-state index in [1.54, 1.807) is 20.8 Å². The second kappa shape index (κ2) is 8.12. The minimum atomic E-state index is -1.16. The van der Waals surface area contributed by atoms with Crippen molar-refractivity contribution in [2.24, 2.45) is 5.41 Å². The summed E-state index contributed by atoms with van der Waals surface area (Å²) in [6.45, 7) is 5.25. The number of aliphatic hydroxyl groups is 2. The maximum atomic E-state index is 11.5. The highest BCUT2D eigenvalue weighted by Gasteiger charge is 2.25. The molecule has 0 amide bonds. The van der Waals surface area contributed by atoms with Crippen molar-refractivity contribution in [1.29, 1.82) is 0 Å². The van der Waals surface area contributed by atoms with Crippen molar-refractivity contribution >= 4 is 5.97 Å². The van der Waals surface area contributed by atoms with E-state index in [2.05, 4.69) is 0 Å². The normalized spacial score (nSPS) is 14.5. The summed E-state index contributed by atoms with van der Waals surface area (Å²) in [6.07, 6.45) is -2.26. The number of carbonyl (C=O) groups is 1. The van der Waals surface area contributed by atoms with Crippen molar-refractivity contribution in [3.05, 3.63) is 35.9 Å². The zero-order valence-corrected chi connectivity index (χ0v) is 12.8. The van der Waals surface area contributed by atoms with Gasteiger partial charge >= 0.3 is 5.97 Å². The van der Waals surface area contributed by atoms with Gasteiger partial charge in [-0.3, -0.25) is 4.79 Å². The Morgan fingerprint density at radius 2 is 1.67 bits per heavy atom. The van der Waals surface area contributed by atoms with E-state index in [9.17, 15) is 15.0 Å². The van der Waals surface area contributed by atoms with Crippen LogP contribution in [0.5, 0.6) is 0 Å². The Hall–Kier alpha value is -1.43. The van der Waals surface area contributed by atoms with E-state index in [4.69, 9.17) is 9.47 Å². The van der Waals surface area contributed by atoms with Gasteiger partial charge in [0.2, 0.25) is 0 Å². The molecule has 0 aliphatic heterocycles. The second-order valence-corrected chi connectivity index (χ2v) is 5.98. The molecule has 0 saturated carbocycles. The lowest BCUT2D eigenvalue weighted by molar-refractivity contribution is -0.159. The lowest BCUT2D eigenvalue weighted by atomic mass is 9.97. The molecular formula is C16H24O5. The summed E-state index contributed by atoms with van der Waals surface area (Å²) in [7, 11) is 0. The summed E-state index contributed by atoms with van der Waals surface area (Å²) < 4.78 is 10.3. The molecular weight excluding hydrogens is 272 g/mol. The molecule has 0 saturated heterocycles. The predicted molar refractivity (Wildman–Crippen MR) is 78.5 cm³/mol. The van der Waals surface area contributed by atoms with Crippen LogP contribution >= 0.6 is 0 Å². The maximum Gasteiger partial charge on any atom is 0.311 e. The monoisotopic (exact) mass is 296 g/mol. The molecule has 0 aromatic heterocycles. The molecule has 5 heteroatoms. The fourth-order valence-corrected chi connectivity index (χ4v) is 1.47. The van der Waals surface area contributed by atoms with E-state index in [0.29, 0.717) is 6.61 Å². The van der Waals surface area contributed by atoms with Gasteiger partial charge in [-0.1, -0.05) is 30.3 Å². The van der Waals surface area contributed by atoms with E-state index in [-0.39, 0.29) is 13.2 Å². The zero-order chi connectivity index (χ0) is 15.9. The third-order valence-corrected chi connectivity index (χ3v) is 2.84. The average Bonchev–Trinajstić information content (AvgIpc) is 2.44. The van der Waals surface area contributed by atoms with Gasteiger partial charge in [-0.05, 0) is 26.3 Å². The van der Waals surface area contributed by atoms with Crippen LogP contribution in [0.3, 0.4) is 0 Å². The summed E-state index contributed by atoms with van der Waals surface area (Å²) in [5.41, 5.74) is 0.354. The lowest BCUT2D eigenvalue weighted by Gasteiger charge is -2.21. The highest BCUT2D eigenvalue weighted by molar-refractivity contribution is 5.75. The first-order valence-corrected chi connectivity index (χ1v) is 6.95. The van der Waals surface area contributed by atoms with Crippen LogP contribution in [0.15, 0.2) is 30.3 Å². The molecule has 2 N–H and O–H groups in total. The number of rotatable bonds is 7. The van der Waals surface area contributed by atoms with Gasteiger partial charge in [-0.25, -0.2) is 0 Å². The van der Waals surface area contributed by atoms with E-state index >= 15 is 0 Å². The largest absolute Gasteiger partial charge is 0.462 e. The molecule has 0 bridgehead atoms. The molecule has 1 aromatic carbocycles. The highest BCUT2D eigenvalue weighted by atomic mass is 16.5. The molecule has 0 fully saturated rings. The second-order valence-electron chi connectivity index (χ2n) is 5.98. The van der Waals surface area contributed by atoms with Crippen LogP contribution in [-0.4, -0.2) is 41.6 Å². The molecule has 0 aliphatic carbocycles. The first kappa shape index (κ1) is 17.6. The van der Waals surface area contributed by atoms with Gasteiger partial charge in [-0.15, -0.1) is 0 Å². The van der Waals surface area contributed by atoms with Crippen molar-refractivity contribution in [1.82, 2.24) is 0 Å². The van der Waals surface area contributed by atoms with Gasteiger partial charge in [0.05, 0.1) is 18.6 Å². The molecule has 0 heterocycles. The van der Waals surface area contributed by atoms with Crippen LogP contribution in [0.2, 0.25) is 0 Å². The number of esters is 1. The smallest absolute Gasteiger partial charge is 0.311 e. The molecule has 1 aromatic rings. The zero-order valence-electron chi connectivity index (χ0n) is 12.8. The minimum Gasteiger partial charge on any atom is -0.462 e. The van der Waals surface area contributed by atoms with E-state index < -0.39 is 23.6 Å². The molecule has 1 rings (SSSR count). The van der Waals surface area contributed by atoms with E-state index in [1.807, 2.05) is 30.3 Å². The number of ether oxygens (including phenoxy) is 2. The number of hydrogen-bond acceptors (Lipinski definition) is 5. The van der Waals surface area contributed by atoms with Crippen LogP contribution in [0.4, 0.5) is 0 Å². The molecule has 5 nitrogen and oxygen atoms in total. The first-order chi connectivity index (χ1) is 9.80. The Kier molecular flexibility index (Phi) is 6.81. The van der Waals surface area contributed by atoms with Crippen LogP contribution in [0.25, 0.3) is 0 Å². The Morgan fingerprint density at radius 3 is 2.24 bits per heavy atom. The van der Waals surface area contributed by atoms with Crippen molar-refractivity contribution in [2.45, 2.75) is 39.6 Å². The molecule has 0 unspecified atom stereocenters. The number of benzene rings is 1. The van der Waals surface area contributed by atoms with Crippen LogP contribution in [0.1, 0.15) is 26.3 Å². The quantitative estimate of drug-likeness (QED) is 0.746. The van der Waals surface area contributed by atoms with Crippen molar-refractivity contribution in [3.8, 4) is 0 Å². The SMILES string of the molecule is CC(C)(C)C(=O)OC[C@H](O)[C@H](O)COCc1ccccc1. The van der Waals surface area contributed by atoms with E-state index in [0.717, 1.165) is 5.56 Å². The summed E-state index contributed by atoms with van der Waals surface area (Å²) in [4.78, 5) is 11.5. The van der Waals surface area contributed by atoms with E-state index in [1.165, 1.54) is 0 Å². The van der Waals surface area contributed by atoms with Crippen LogP contribution in [0, 0.1) is 5.41 Å². The Morgan fingerprint density at radius 1 is 1.10 bits per heavy atom. The van der Waals surface area contributed by atoms with Crippen LogP contribution in [-0.2, 0) is 20.9 Å². The van der Waals surface area contributed by atoms with Crippen LogP contribution < -0.4 is 0 Å². The number of hydrogen-bond donors (Lipinski definition) is 2. The van der Waals surface area contributed by atoms with Gasteiger partial charge in [0, 0.05) is 0 Å². The van der Waals surface area contributed by atoms with Crippen molar-refractivity contribution < 1.29 is 24.5 Å². The van der Waals surface area contributed by atoms with Crippen molar-refractivity contribution in [2.75, 3.05) is 13.2 Å². The molecule has 0 radical (unpaired) electrons. The van der Waals surface area contributed by atoms with Crippen molar-refractivity contribution in [3.63, 3.8) is 0 Å². The predicted octanol–water partition coefficient (Wildman–Crippen LogP) is 1.51. The minimum absolute atomic E-state index is 0.0247. The van der Waals surface area contributed by atoms with Gasteiger partial charge in [0.25, 0.3) is 0 Å². The standard InChI is InChI=1S/C16H24O5/c1-16(2,3)15(19)21-11-14(18)13(17)10-20-9-12-7-5-4-6-8-12/h4-8,13-14,17-18H,9-11H2,1-3H3/t13-,14+/m1/s1. The van der Waals surface area contributed by atoms with Gasteiger partial charge < -0.3 is 19.7 Å². The van der Waals surface area contributed by atoms with Gasteiger partial charge in [0.1, 0.15) is 18.8 Å². The summed E-state index contributed by atoms with van der Waals surface area (Å²) >= 11 is 0. The molecule has 2 atom stereocenters. The number of carbonyl (C=O) groups excluding carboxylic acids is 1. The summed E-state index contributed by atoms with van der Waals surface area (Å²) in [6, 6.07) is 9.53. The summed E-state index contributed by atoms with van der Waals surface area (Å²) in [5.74, 6) is -0.418. The fourth-order valence-electron chi connectivity index (χ4n) is 1.47. The molecule has 118 valence electrons. The third kappa shape index (κ3) is 6.71. The first-order valence-electron chi connectivity index (χ1n) is 6.95. The summed E-state index contributed by atoms with van der Waals surface area (Å²) in [5, 5.41) is 19.5. The maximum absolute atomic E-state index is 11.5. The third-order valence-electron chi connectivity index (χ3n) is 2.84. The Balaban J connectivity index is 2.25. The molecule has 21 heavy (non-hydrogen) atoms. The fraction of sp³-hybridized carbons (Fsp3) is 0.562. The molecule has 0 spiro atoms. The number of aliphatic hydroxyl groups excluding tert-OH is 2. The average molecular weight is 296 g/mol. The highest BCUT2D eigenvalue weighted by Crippen LogP contribution is 2.15. The van der Waals surface area contributed by atoms with Gasteiger partial charge in [-0.2, -0.15) is 0 Å². The lowest BCUT2D eigenvalue weighted by Crippen LogP contribution is -2.36. The Bertz CT molecular complexity index is 424. The topological polar surface area (TPSA) is 76.0 Å².